The van der Waals surface area contributed by atoms with Crippen LogP contribution in [0.15, 0.2) is 0 Å². The van der Waals surface area contributed by atoms with E-state index in [-0.39, 0.29) is 24.7 Å². The Balaban J connectivity index is 1.85. The lowest BCUT2D eigenvalue weighted by atomic mass is 9.85. The number of carbonyl (C=O) groups excluding carboxylic acids is 1. The predicted molar refractivity (Wildman–Crippen MR) is 48.1 cm³/mol. The summed E-state index contributed by atoms with van der Waals surface area (Å²) in [6, 6.07) is 0. The molecule has 0 bridgehead atoms. The van der Waals surface area contributed by atoms with Crippen molar-refractivity contribution in [3.63, 3.8) is 0 Å². The van der Waals surface area contributed by atoms with E-state index in [9.17, 15) is 13.6 Å². The Morgan fingerprint density at radius 1 is 1.21 bits per heavy atom. The van der Waals surface area contributed by atoms with E-state index < -0.39 is 5.92 Å². The van der Waals surface area contributed by atoms with Gasteiger partial charge in [-0.3, -0.25) is 4.79 Å². The van der Waals surface area contributed by atoms with Gasteiger partial charge in [0.05, 0.1) is 0 Å². The van der Waals surface area contributed by atoms with E-state index in [1.165, 1.54) is 0 Å². The summed E-state index contributed by atoms with van der Waals surface area (Å²) in [6.45, 7) is 1.65. The van der Waals surface area contributed by atoms with E-state index in [2.05, 4.69) is 0 Å². The monoisotopic (exact) mass is 203 g/mol. The van der Waals surface area contributed by atoms with Crippen LogP contribution < -0.4 is 0 Å². The maximum absolute atomic E-state index is 12.8. The number of hydrogen-bond donors (Lipinski definition) is 0. The second-order valence-electron chi connectivity index (χ2n) is 4.31. The summed E-state index contributed by atoms with van der Waals surface area (Å²) in [7, 11) is 0. The molecule has 4 heteroatoms. The highest BCUT2D eigenvalue weighted by atomic mass is 19.3. The van der Waals surface area contributed by atoms with Crippen molar-refractivity contribution in [1.29, 1.82) is 0 Å². The Hall–Kier alpha value is -0.670. The van der Waals surface area contributed by atoms with Crippen molar-refractivity contribution < 1.29 is 13.6 Å². The van der Waals surface area contributed by atoms with Gasteiger partial charge in [-0.1, -0.05) is 0 Å². The second kappa shape index (κ2) is 3.48. The topological polar surface area (TPSA) is 20.3 Å². The number of rotatable bonds is 1. The molecule has 80 valence electrons. The lowest BCUT2D eigenvalue weighted by molar-refractivity contribution is -0.143. The van der Waals surface area contributed by atoms with Gasteiger partial charge in [0, 0.05) is 31.8 Å². The molecule has 0 aromatic carbocycles. The molecule has 14 heavy (non-hydrogen) atoms. The molecule has 0 unspecified atom stereocenters. The molecule has 1 heterocycles. The minimum Gasteiger partial charge on any atom is -0.342 e. The highest BCUT2D eigenvalue weighted by Gasteiger charge is 2.39. The molecule has 0 radical (unpaired) electrons. The van der Waals surface area contributed by atoms with Crippen LogP contribution in [0.5, 0.6) is 0 Å². The molecule has 1 saturated heterocycles. The summed E-state index contributed by atoms with van der Waals surface area (Å²) >= 11 is 0. The van der Waals surface area contributed by atoms with Crippen molar-refractivity contribution >= 4 is 5.91 Å². The van der Waals surface area contributed by atoms with Crippen LogP contribution in [0.2, 0.25) is 0 Å². The number of amides is 1. The summed E-state index contributed by atoms with van der Waals surface area (Å²) in [5.74, 6) is -2.55. The van der Waals surface area contributed by atoms with E-state index in [1.54, 1.807) is 4.90 Å². The summed E-state index contributed by atoms with van der Waals surface area (Å²) in [5, 5.41) is 0. The quantitative estimate of drug-likeness (QED) is 0.638. The zero-order valence-corrected chi connectivity index (χ0v) is 8.14. The lowest BCUT2D eigenvalue weighted by Crippen LogP contribution is -2.46. The molecular weight excluding hydrogens is 188 g/mol. The third kappa shape index (κ3) is 1.88. The molecule has 0 atom stereocenters. The van der Waals surface area contributed by atoms with Gasteiger partial charge in [-0.05, 0) is 19.3 Å². The molecule has 1 aliphatic heterocycles. The fourth-order valence-electron chi connectivity index (χ4n) is 2.08. The summed E-state index contributed by atoms with van der Waals surface area (Å²) in [4.78, 5) is 13.5. The van der Waals surface area contributed by atoms with Crippen molar-refractivity contribution in [1.82, 2.24) is 4.90 Å². The Morgan fingerprint density at radius 3 is 2.21 bits per heavy atom. The van der Waals surface area contributed by atoms with Crippen LogP contribution in [0.25, 0.3) is 0 Å². The minimum atomic E-state index is -2.52. The van der Waals surface area contributed by atoms with Crippen LogP contribution in [0.1, 0.15) is 32.1 Å². The number of nitrogens with zero attached hydrogens (tertiary/aromatic N) is 1. The van der Waals surface area contributed by atoms with E-state index in [4.69, 9.17) is 0 Å². The molecule has 1 amide bonds. The van der Waals surface area contributed by atoms with Gasteiger partial charge < -0.3 is 4.90 Å². The van der Waals surface area contributed by atoms with Gasteiger partial charge in [0.25, 0.3) is 0 Å². The Kier molecular flexibility index (Phi) is 2.45. The first kappa shape index (κ1) is 9.87. The third-order valence-corrected chi connectivity index (χ3v) is 3.23. The fraction of sp³-hybridized carbons (Fsp3) is 0.900. The predicted octanol–water partition coefficient (Wildman–Crippen LogP) is 2.04. The standard InChI is InChI=1S/C10H15F2NO/c11-10(12)4-2-8(3-5-10)9(14)13-6-1-7-13/h8H,1-7H2. The largest absolute Gasteiger partial charge is 0.342 e. The number of carbonyl (C=O) groups is 1. The molecular formula is C10H15F2NO. The van der Waals surface area contributed by atoms with Crippen LogP contribution >= 0.6 is 0 Å². The highest BCUT2D eigenvalue weighted by Crippen LogP contribution is 2.37. The maximum atomic E-state index is 12.8. The minimum absolute atomic E-state index is 0.103. The Bertz CT molecular complexity index is 228. The first-order valence-electron chi connectivity index (χ1n) is 5.25. The zero-order valence-electron chi connectivity index (χ0n) is 8.14. The number of alkyl halides is 2. The van der Waals surface area contributed by atoms with Gasteiger partial charge in [0.2, 0.25) is 11.8 Å². The Morgan fingerprint density at radius 2 is 1.79 bits per heavy atom. The van der Waals surface area contributed by atoms with Gasteiger partial charge in [0.1, 0.15) is 0 Å². The maximum Gasteiger partial charge on any atom is 0.248 e. The molecule has 0 aromatic heterocycles. The number of likely N-dealkylation sites (tertiary alicyclic amines) is 1. The van der Waals surface area contributed by atoms with Crippen molar-refractivity contribution in [2.24, 2.45) is 5.92 Å². The normalized spacial score (nSPS) is 27.1. The molecule has 2 nitrogen and oxygen atoms in total. The molecule has 1 aliphatic carbocycles. The molecule has 0 aromatic rings. The number of halogens is 2. The van der Waals surface area contributed by atoms with Gasteiger partial charge in [0.15, 0.2) is 0 Å². The van der Waals surface area contributed by atoms with E-state index in [0.717, 1.165) is 19.5 Å². The van der Waals surface area contributed by atoms with Crippen LogP contribution in [0.4, 0.5) is 8.78 Å². The Labute approximate surface area is 82.3 Å². The van der Waals surface area contributed by atoms with Crippen LogP contribution in [0.3, 0.4) is 0 Å². The third-order valence-electron chi connectivity index (χ3n) is 3.23. The van der Waals surface area contributed by atoms with Gasteiger partial charge in [-0.25, -0.2) is 8.78 Å². The second-order valence-corrected chi connectivity index (χ2v) is 4.31. The molecule has 0 spiro atoms. The molecule has 2 rings (SSSR count). The average molecular weight is 203 g/mol. The first-order valence-corrected chi connectivity index (χ1v) is 5.25. The van der Waals surface area contributed by atoms with E-state index in [0.29, 0.717) is 12.8 Å². The van der Waals surface area contributed by atoms with Crippen LogP contribution in [-0.4, -0.2) is 29.8 Å². The molecule has 2 fully saturated rings. The van der Waals surface area contributed by atoms with Crippen molar-refractivity contribution in [3.05, 3.63) is 0 Å². The zero-order chi connectivity index (χ0) is 10.2. The summed E-state index contributed by atoms with van der Waals surface area (Å²) in [5.41, 5.74) is 0. The molecule has 1 saturated carbocycles. The SMILES string of the molecule is O=C(C1CCC(F)(F)CC1)N1CCC1. The number of hydrogen-bond acceptors (Lipinski definition) is 1. The van der Waals surface area contributed by atoms with E-state index >= 15 is 0 Å². The average Bonchev–Trinajstić information content (AvgIpc) is 2.00. The first-order chi connectivity index (χ1) is 6.58. The van der Waals surface area contributed by atoms with Gasteiger partial charge >= 0.3 is 0 Å². The van der Waals surface area contributed by atoms with Crippen molar-refractivity contribution in [3.8, 4) is 0 Å². The van der Waals surface area contributed by atoms with Crippen molar-refractivity contribution in [2.45, 2.75) is 38.0 Å². The van der Waals surface area contributed by atoms with Gasteiger partial charge in [-0.2, -0.15) is 0 Å². The fourth-order valence-corrected chi connectivity index (χ4v) is 2.08. The molecule has 2 aliphatic rings. The lowest BCUT2D eigenvalue weighted by Gasteiger charge is -2.36. The van der Waals surface area contributed by atoms with Gasteiger partial charge in [-0.15, -0.1) is 0 Å². The summed E-state index contributed by atoms with van der Waals surface area (Å²) in [6.07, 6.45) is 1.56. The smallest absolute Gasteiger partial charge is 0.248 e. The molecule has 0 N–H and O–H groups in total. The van der Waals surface area contributed by atoms with E-state index in [1.807, 2.05) is 0 Å². The van der Waals surface area contributed by atoms with Crippen LogP contribution in [0, 0.1) is 5.92 Å². The van der Waals surface area contributed by atoms with Crippen molar-refractivity contribution in [2.75, 3.05) is 13.1 Å². The summed E-state index contributed by atoms with van der Waals surface area (Å²) < 4.78 is 25.6. The highest BCUT2D eigenvalue weighted by molar-refractivity contribution is 5.79. The van der Waals surface area contributed by atoms with Crippen LogP contribution in [-0.2, 0) is 4.79 Å².